The van der Waals surface area contributed by atoms with Crippen LogP contribution >= 0.6 is 11.6 Å². The summed E-state index contributed by atoms with van der Waals surface area (Å²) in [6.45, 7) is 5.27. The molecule has 1 aliphatic rings. The second-order valence-corrected chi connectivity index (χ2v) is 8.83. The zero-order chi connectivity index (χ0) is 25.6. The predicted octanol–water partition coefficient (Wildman–Crippen LogP) is 4.41. The summed E-state index contributed by atoms with van der Waals surface area (Å²) in [6.07, 6.45) is 6.92. The SMILES string of the molecule is CC(C)(C)OC(=O)/C(=C/c1ccco1)NC1=C(/C(C=N)=C/C(=N)Cl)NC(c2cccc(O)c2)=CN1. The first kappa shape index (κ1) is 25.4. The van der Waals surface area contributed by atoms with Crippen LogP contribution in [0, 0.1) is 10.8 Å². The molecular weight excluding hydrogens is 470 g/mol. The minimum atomic E-state index is -0.743. The van der Waals surface area contributed by atoms with Crippen LogP contribution in [0.5, 0.6) is 5.75 Å². The summed E-state index contributed by atoms with van der Waals surface area (Å²) in [5.41, 5.74) is 1.15. The number of ether oxygens (including phenoxy) is 1. The maximum atomic E-state index is 13.0. The molecule has 0 fully saturated rings. The van der Waals surface area contributed by atoms with Crippen molar-refractivity contribution >= 4 is 40.7 Å². The van der Waals surface area contributed by atoms with Crippen molar-refractivity contribution in [1.29, 1.82) is 10.8 Å². The molecule has 35 heavy (non-hydrogen) atoms. The Bertz CT molecular complexity index is 1250. The molecule has 3 rings (SSSR count). The van der Waals surface area contributed by atoms with Crippen LogP contribution in [0.25, 0.3) is 11.8 Å². The first-order valence-electron chi connectivity index (χ1n) is 10.6. The highest BCUT2D eigenvalue weighted by atomic mass is 35.5. The van der Waals surface area contributed by atoms with E-state index in [1.165, 1.54) is 18.4 Å². The highest BCUT2D eigenvalue weighted by molar-refractivity contribution is 6.67. The van der Waals surface area contributed by atoms with Gasteiger partial charge < -0.3 is 35.6 Å². The highest BCUT2D eigenvalue weighted by Gasteiger charge is 2.24. The maximum Gasteiger partial charge on any atom is 0.355 e. The minimum absolute atomic E-state index is 0.0659. The standard InChI is InChI=1S/C25H26ClN5O4/c1-25(2,3)35-24(33)19(12-18-8-5-9-34-18)31-23-22(16(13-27)11-21(26)28)30-20(14-29-23)15-6-4-7-17(32)10-15/h4-14,27-32H,1-3H3/b16-11+,19-12-,27-13?,28-21?. The number of phenols is 1. The fourth-order valence-electron chi connectivity index (χ4n) is 3.05. The van der Waals surface area contributed by atoms with Gasteiger partial charge in [0.25, 0.3) is 0 Å². The van der Waals surface area contributed by atoms with Gasteiger partial charge in [0.1, 0.15) is 33.8 Å². The molecule has 0 radical (unpaired) electrons. The van der Waals surface area contributed by atoms with Crippen LogP contribution < -0.4 is 16.0 Å². The normalized spacial score (nSPS) is 14.5. The number of aromatic hydroxyl groups is 1. The smallest absolute Gasteiger partial charge is 0.355 e. The molecule has 2 aromatic rings. The van der Waals surface area contributed by atoms with E-state index in [1.54, 1.807) is 63.4 Å². The Hall–Kier alpha value is -4.24. The third kappa shape index (κ3) is 7.12. The van der Waals surface area contributed by atoms with E-state index in [0.717, 1.165) is 6.21 Å². The zero-order valence-electron chi connectivity index (χ0n) is 19.4. The number of phenolic OH excluding ortho intramolecular Hbond substituents is 1. The lowest BCUT2D eigenvalue weighted by atomic mass is 10.1. The monoisotopic (exact) mass is 495 g/mol. The van der Waals surface area contributed by atoms with Crippen molar-refractivity contribution < 1.29 is 19.1 Å². The summed E-state index contributed by atoms with van der Waals surface area (Å²) in [5, 5.41) is 34.4. The Labute approximate surface area is 207 Å². The van der Waals surface area contributed by atoms with Gasteiger partial charge in [-0.25, -0.2) is 4.79 Å². The average molecular weight is 496 g/mol. The van der Waals surface area contributed by atoms with Gasteiger partial charge in [-0.1, -0.05) is 23.7 Å². The van der Waals surface area contributed by atoms with Gasteiger partial charge >= 0.3 is 5.97 Å². The summed E-state index contributed by atoms with van der Waals surface area (Å²) in [6, 6.07) is 9.97. The number of carbonyl (C=O) groups is 1. The van der Waals surface area contributed by atoms with E-state index in [-0.39, 0.29) is 22.2 Å². The molecule has 0 saturated heterocycles. The molecule has 0 unspecified atom stereocenters. The van der Waals surface area contributed by atoms with E-state index in [0.29, 0.717) is 28.5 Å². The van der Waals surface area contributed by atoms with E-state index >= 15 is 0 Å². The van der Waals surface area contributed by atoms with Crippen LogP contribution in [0.4, 0.5) is 0 Å². The minimum Gasteiger partial charge on any atom is -0.508 e. The summed E-state index contributed by atoms with van der Waals surface area (Å²) >= 11 is 5.78. The molecule has 0 bridgehead atoms. The van der Waals surface area contributed by atoms with E-state index < -0.39 is 11.6 Å². The number of carbonyl (C=O) groups excluding carboxylic acids is 1. The van der Waals surface area contributed by atoms with Crippen LogP contribution in [-0.4, -0.2) is 28.1 Å². The number of furan rings is 1. The molecule has 1 aromatic heterocycles. The second kappa shape index (κ2) is 10.8. The fourth-order valence-corrected chi connectivity index (χ4v) is 3.16. The second-order valence-electron chi connectivity index (χ2n) is 8.42. The highest BCUT2D eigenvalue weighted by Crippen LogP contribution is 2.24. The van der Waals surface area contributed by atoms with Crippen molar-refractivity contribution in [3.8, 4) is 5.75 Å². The van der Waals surface area contributed by atoms with Crippen LogP contribution in [0.1, 0.15) is 32.1 Å². The van der Waals surface area contributed by atoms with Crippen molar-refractivity contribution in [1.82, 2.24) is 16.0 Å². The van der Waals surface area contributed by atoms with Gasteiger partial charge in [0, 0.05) is 29.6 Å². The van der Waals surface area contributed by atoms with Crippen molar-refractivity contribution in [3.05, 3.63) is 89.0 Å². The van der Waals surface area contributed by atoms with Crippen LogP contribution in [0.15, 0.2) is 82.1 Å². The Balaban J connectivity index is 2.05. The lowest BCUT2D eigenvalue weighted by Gasteiger charge is -2.27. The van der Waals surface area contributed by atoms with E-state index in [2.05, 4.69) is 16.0 Å². The van der Waals surface area contributed by atoms with Crippen LogP contribution in [-0.2, 0) is 9.53 Å². The molecule has 6 N–H and O–H groups in total. The average Bonchev–Trinajstić information content (AvgIpc) is 3.29. The van der Waals surface area contributed by atoms with E-state index in [1.807, 2.05) is 0 Å². The summed E-state index contributed by atoms with van der Waals surface area (Å²) in [7, 11) is 0. The molecule has 0 saturated carbocycles. The van der Waals surface area contributed by atoms with Crippen molar-refractivity contribution in [2.75, 3.05) is 0 Å². The summed E-state index contributed by atoms with van der Waals surface area (Å²) in [5.74, 6) is 0.172. The number of nitrogens with one attached hydrogen (secondary N) is 5. The number of allylic oxidation sites excluding steroid dienone is 2. The first-order chi connectivity index (χ1) is 16.6. The molecule has 10 heteroatoms. The van der Waals surface area contributed by atoms with Crippen LogP contribution in [0.3, 0.4) is 0 Å². The first-order valence-corrected chi connectivity index (χ1v) is 10.9. The molecule has 0 aliphatic carbocycles. The number of hydrogen-bond acceptors (Lipinski definition) is 9. The van der Waals surface area contributed by atoms with Crippen molar-refractivity contribution in [3.63, 3.8) is 0 Å². The topological polar surface area (TPSA) is 143 Å². The third-order valence-corrected chi connectivity index (χ3v) is 4.57. The lowest BCUT2D eigenvalue weighted by Crippen LogP contribution is -2.37. The fraction of sp³-hybridized carbons (Fsp3) is 0.160. The van der Waals surface area contributed by atoms with Gasteiger partial charge in [0.05, 0.1) is 17.7 Å². The quantitative estimate of drug-likeness (QED) is 0.181. The van der Waals surface area contributed by atoms with Crippen molar-refractivity contribution in [2.45, 2.75) is 26.4 Å². The summed E-state index contributed by atoms with van der Waals surface area (Å²) in [4.78, 5) is 13.0. The van der Waals surface area contributed by atoms with Gasteiger partial charge in [-0.2, -0.15) is 0 Å². The Morgan fingerprint density at radius 3 is 2.63 bits per heavy atom. The van der Waals surface area contributed by atoms with E-state index in [4.69, 9.17) is 31.6 Å². The molecule has 2 heterocycles. The third-order valence-electron chi connectivity index (χ3n) is 4.46. The van der Waals surface area contributed by atoms with Crippen LogP contribution in [0.2, 0.25) is 0 Å². The molecule has 0 spiro atoms. The lowest BCUT2D eigenvalue weighted by molar-refractivity contribution is -0.150. The van der Waals surface area contributed by atoms with Gasteiger partial charge in [-0.05, 0) is 51.1 Å². The Kier molecular flexibility index (Phi) is 7.83. The largest absolute Gasteiger partial charge is 0.508 e. The predicted molar refractivity (Wildman–Crippen MR) is 135 cm³/mol. The maximum absolute atomic E-state index is 13.0. The van der Waals surface area contributed by atoms with Gasteiger partial charge in [-0.3, -0.25) is 5.41 Å². The molecule has 182 valence electrons. The Morgan fingerprint density at radius 1 is 1.26 bits per heavy atom. The Morgan fingerprint density at radius 2 is 2.03 bits per heavy atom. The summed E-state index contributed by atoms with van der Waals surface area (Å²) < 4.78 is 10.9. The molecule has 0 amide bonds. The molecular formula is C25H26ClN5O4. The molecule has 1 aliphatic heterocycles. The molecule has 0 atom stereocenters. The van der Waals surface area contributed by atoms with Crippen molar-refractivity contribution in [2.24, 2.45) is 0 Å². The number of benzene rings is 1. The number of esters is 1. The number of hydrogen-bond donors (Lipinski definition) is 6. The van der Waals surface area contributed by atoms with Gasteiger partial charge in [0.15, 0.2) is 0 Å². The van der Waals surface area contributed by atoms with E-state index in [9.17, 15) is 9.90 Å². The molecule has 1 aromatic carbocycles. The number of halogens is 1. The number of rotatable bonds is 8. The van der Waals surface area contributed by atoms with Gasteiger partial charge in [-0.15, -0.1) is 0 Å². The molecule has 9 nitrogen and oxygen atoms in total. The van der Waals surface area contributed by atoms with Gasteiger partial charge in [0.2, 0.25) is 0 Å². The zero-order valence-corrected chi connectivity index (χ0v) is 20.2.